The molecule has 0 aromatic carbocycles. The first-order valence-corrected chi connectivity index (χ1v) is 6.66. The number of nitrogens with zero attached hydrogens (tertiary/aromatic N) is 3. The Morgan fingerprint density at radius 1 is 1.52 bits per heavy atom. The van der Waals surface area contributed by atoms with Crippen molar-refractivity contribution in [1.29, 1.82) is 0 Å². The van der Waals surface area contributed by atoms with E-state index in [0.717, 1.165) is 0 Å². The minimum absolute atomic E-state index is 0.281. The summed E-state index contributed by atoms with van der Waals surface area (Å²) in [6, 6.07) is -0.476. The van der Waals surface area contributed by atoms with Crippen LogP contribution in [0.5, 0.6) is 0 Å². The van der Waals surface area contributed by atoms with Gasteiger partial charge in [0.15, 0.2) is 0 Å². The molecule has 2 amide bonds. The fourth-order valence-corrected chi connectivity index (χ4v) is 1.83. The Morgan fingerprint density at radius 3 is 2.71 bits per heavy atom. The van der Waals surface area contributed by atoms with Crippen molar-refractivity contribution in [2.24, 2.45) is 0 Å². The number of carbonyl (C=O) groups is 2. The van der Waals surface area contributed by atoms with Gasteiger partial charge in [0, 0.05) is 19.9 Å². The second kappa shape index (κ2) is 7.07. The maximum atomic E-state index is 12.2. The van der Waals surface area contributed by atoms with Crippen molar-refractivity contribution in [3.8, 4) is 0 Å². The summed E-state index contributed by atoms with van der Waals surface area (Å²) in [5.74, 6) is -1.06. The number of aromatic nitrogens is 2. The van der Waals surface area contributed by atoms with Crippen molar-refractivity contribution in [3.05, 3.63) is 12.4 Å². The Bertz CT molecular complexity index is 498. The van der Waals surface area contributed by atoms with Crippen LogP contribution in [0.2, 0.25) is 0 Å². The van der Waals surface area contributed by atoms with E-state index in [1.165, 1.54) is 24.9 Å². The molecule has 0 saturated carbocycles. The lowest BCUT2D eigenvalue weighted by Crippen LogP contribution is -2.54. The maximum Gasteiger partial charge on any atom is 0.329 e. The van der Waals surface area contributed by atoms with Gasteiger partial charge < -0.3 is 20.1 Å². The molecule has 8 nitrogen and oxygen atoms in total. The van der Waals surface area contributed by atoms with E-state index >= 15 is 0 Å². The SMILES string of the molecule is CCN(C(=O)Nc1cnn(CCOC)c1)C(C)(C)C(=O)O. The van der Waals surface area contributed by atoms with E-state index in [-0.39, 0.29) is 6.54 Å². The van der Waals surface area contributed by atoms with Crippen LogP contribution in [0, 0.1) is 0 Å². The molecule has 0 aliphatic carbocycles. The predicted octanol–water partition coefficient (Wildman–Crippen LogP) is 1.25. The Morgan fingerprint density at radius 2 is 2.19 bits per heavy atom. The molecular formula is C13H22N4O4. The van der Waals surface area contributed by atoms with Crippen molar-refractivity contribution in [1.82, 2.24) is 14.7 Å². The summed E-state index contributed by atoms with van der Waals surface area (Å²) in [7, 11) is 1.60. The number of hydrogen-bond donors (Lipinski definition) is 2. The van der Waals surface area contributed by atoms with Crippen molar-refractivity contribution in [2.75, 3.05) is 25.6 Å². The van der Waals surface area contributed by atoms with Gasteiger partial charge in [-0.2, -0.15) is 5.10 Å². The van der Waals surface area contributed by atoms with Crippen LogP contribution in [0.15, 0.2) is 12.4 Å². The summed E-state index contributed by atoms with van der Waals surface area (Å²) in [5, 5.41) is 15.9. The van der Waals surface area contributed by atoms with Gasteiger partial charge in [0.1, 0.15) is 5.54 Å². The van der Waals surface area contributed by atoms with Crippen LogP contribution in [0.4, 0.5) is 10.5 Å². The van der Waals surface area contributed by atoms with Crippen LogP contribution in [0.3, 0.4) is 0 Å². The van der Waals surface area contributed by atoms with Gasteiger partial charge in [-0.3, -0.25) is 4.68 Å². The topological polar surface area (TPSA) is 96.7 Å². The zero-order chi connectivity index (χ0) is 16.0. The zero-order valence-corrected chi connectivity index (χ0v) is 12.8. The molecule has 1 aromatic rings. The third-order valence-electron chi connectivity index (χ3n) is 3.17. The van der Waals surface area contributed by atoms with Crippen molar-refractivity contribution >= 4 is 17.7 Å². The largest absolute Gasteiger partial charge is 0.480 e. The monoisotopic (exact) mass is 298 g/mol. The number of aliphatic carboxylic acids is 1. The standard InChI is InChI=1S/C13H22N4O4/c1-5-17(13(2,3)11(18)19)12(20)15-10-8-14-16(9-10)6-7-21-4/h8-9H,5-7H2,1-4H3,(H,15,20)(H,18,19). The van der Waals surface area contributed by atoms with Crippen molar-refractivity contribution < 1.29 is 19.4 Å². The minimum atomic E-state index is -1.29. The molecule has 0 radical (unpaired) electrons. The highest BCUT2D eigenvalue weighted by molar-refractivity contribution is 5.93. The quantitative estimate of drug-likeness (QED) is 0.789. The summed E-state index contributed by atoms with van der Waals surface area (Å²) in [6.07, 6.45) is 3.17. The number of anilines is 1. The van der Waals surface area contributed by atoms with Crippen LogP contribution >= 0.6 is 0 Å². The van der Waals surface area contributed by atoms with Crippen LogP contribution < -0.4 is 5.32 Å². The van der Waals surface area contributed by atoms with E-state index in [1.807, 2.05) is 0 Å². The van der Waals surface area contributed by atoms with E-state index in [1.54, 1.807) is 24.9 Å². The van der Waals surface area contributed by atoms with Gasteiger partial charge in [0.25, 0.3) is 0 Å². The summed E-state index contributed by atoms with van der Waals surface area (Å²) < 4.78 is 6.58. The first kappa shape index (κ1) is 17.0. The highest BCUT2D eigenvalue weighted by atomic mass is 16.5. The van der Waals surface area contributed by atoms with E-state index in [4.69, 9.17) is 4.74 Å². The third kappa shape index (κ3) is 4.19. The van der Waals surface area contributed by atoms with Gasteiger partial charge in [-0.15, -0.1) is 0 Å². The second-order valence-electron chi connectivity index (χ2n) is 5.02. The highest BCUT2D eigenvalue weighted by Gasteiger charge is 2.37. The fourth-order valence-electron chi connectivity index (χ4n) is 1.83. The number of hydrogen-bond acceptors (Lipinski definition) is 4. The molecule has 1 aromatic heterocycles. The lowest BCUT2D eigenvalue weighted by atomic mass is 10.0. The molecule has 0 saturated heterocycles. The number of ether oxygens (including phenoxy) is 1. The van der Waals surface area contributed by atoms with Crippen molar-refractivity contribution in [2.45, 2.75) is 32.9 Å². The molecule has 1 heterocycles. The second-order valence-corrected chi connectivity index (χ2v) is 5.02. The Kier molecular flexibility index (Phi) is 5.71. The van der Waals surface area contributed by atoms with Gasteiger partial charge >= 0.3 is 12.0 Å². The number of likely N-dealkylation sites (N-methyl/N-ethyl adjacent to an activating group) is 1. The first-order valence-electron chi connectivity index (χ1n) is 6.66. The number of methoxy groups -OCH3 is 1. The molecule has 0 aliphatic rings. The van der Waals surface area contributed by atoms with Gasteiger partial charge in [-0.25, -0.2) is 9.59 Å². The average Bonchev–Trinajstić information content (AvgIpc) is 2.84. The summed E-state index contributed by atoms with van der Waals surface area (Å²) in [5.41, 5.74) is -0.777. The molecule has 0 atom stereocenters. The number of amides is 2. The molecule has 1 rings (SSSR count). The molecular weight excluding hydrogens is 276 g/mol. The molecule has 0 spiro atoms. The van der Waals surface area contributed by atoms with Gasteiger partial charge in [0.2, 0.25) is 0 Å². The maximum absolute atomic E-state index is 12.2. The molecule has 118 valence electrons. The first-order chi connectivity index (χ1) is 9.82. The normalized spacial score (nSPS) is 11.2. The number of carboxylic acids is 1. The highest BCUT2D eigenvalue weighted by Crippen LogP contribution is 2.16. The average molecular weight is 298 g/mol. The Balaban J connectivity index is 2.74. The zero-order valence-electron chi connectivity index (χ0n) is 12.8. The molecule has 0 bridgehead atoms. The molecule has 0 unspecified atom stereocenters. The Hall–Kier alpha value is -2.09. The molecule has 0 aliphatic heterocycles. The summed E-state index contributed by atoms with van der Waals surface area (Å²) >= 11 is 0. The number of urea groups is 1. The Labute approximate surface area is 123 Å². The molecule has 21 heavy (non-hydrogen) atoms. The smallest absolute Gasteiger partial charge is 0.329 e. The van der Waals surface area contributed by atoms with Crippen LogP contribution in [-0.2, 0) is 16.1 Å². The van der Waals surface area contributed by atoms with Gasteiger partial charge in [-0.05, 0) is 20.8 Å². The number of carbonyl (C=O) groups excluding carboxylic acids is 1. The molecule has 8 heteroatoms. The summed E-state index contributed by atoms with van der Waals surface area (Å²) in [4.78, 5) is 24.7. The van der Waals surface area contributed by atoms with Gasteiger partial charge in [0.05, 0.1) is 25.0 Å². The van der Waals surface area contributed by atoms with E-state index in [0.29, 0.717) is 18.8 Å². The molecule has 2 N–H and O–H groups in total. The van der Waals surface area contributed by atoms with Gasteiger partial charge in [-0.1, -0.05) is 0 Å². The van der Waals surface area contributed by atoms with Crippen LogP contribution in [0.1, 0.15) is 20.8 Å². The molecule has 0 fully saturated rings. The van der Waals surface area contributed by atoms with E-state index in [9.17, 15) is 14.7 Å². The van der Waals surface area contributed by atoms with Crippen LogP contribution in [0.25, 0.3) is 0 Å². The van der Waals surface area contributed by atoms with E-state index < -0.39 is 17.5 Å². The number of carboxylic acid groups (broad SMARTS) is 1. The van der Waals surface area contributed by atoms with Crippen LogP contribution in [-0.4, -0.2) is 57.6 Å². The van der Waals surface area contributed by atoms with Crippen molar-refractivity contribution in [3.63, 3.8) is 0 Å². The lowest BCUT2D eigenvalue weighted by molar-refractivity contribution is -0.147. The third-order valence-corrected chi connectivity index (χ3v) is 3.17. The fraction of sp³-hybridized carbons (Fsp3) is 0.615. The lowest BCUT2D eigenvalue weighted by Gasteiger charge is -2.33. The predicted molar refractivity (Wildman–Crippen MR) is 77.2 cm³/mol. The summed E-state index contributed by atoms with van der Waals surface area (Å²) in [6.45, 7) is 6.07. The van der Waals surface area contributed by atoms with E-state index in [2.05, 4.69) is 10.4 Å². The number of nitrogens with one attached hydrogen (secondary N) is 1. The minimum Gasteiger partial charge on any atom is -0.480 e. The number of rotatable bonds is 7.